The molecule has 0 atom stereocenters. The number of phenols is 1. The second kappa shape index (κ2) is 10.9. The first-order chi connectivity index (χ1) is 16.5. The van der Waals surface area contributed by atoms with Gasteiger partial charge in [0, 0.05) is 11.6 Å². The molecule has 3 aromatic carbocycles. The van der Waals surface area contributed by atoms with E-state index in [-0.39, 0.29) is 29.2 Å². The minimum absolute atomic E-state index is 0.0907. The van der Waals surface area contributed by atoms with Gasteiger partial charge in [-0.3, -0.25) is 4.79 Å². The van der Waals surface area contributed by atoms with Crippen molar-refractivity contribution in [1.29, 1.82) is 0 Å². The van der Waals surface area contributed by atoms with E-state index in [1.807, 2.05) is 12.1 Å². The second-order valence-electron chi connectivity index (χ2n) is 8.26. The van der Waals surface area contributed by atoms with Crippen molar-refractivity contribution in [3.05, 3.63) is 89.0 Å². The topological polar surface area (TPSA) is 82.1 Å². The molecule has 4 rings (SSSR count). The van der Waals surface area contributed by atoms with Crippen LogP contribution < -0.4 is 9.47 Å². The Labute approximate surface area is 199 Å². The van der Waals surface area contributed by atoms with E-state index < -0.39 is 0 Å². The monoisotopic (exact) mass is 460 g/mol. The first kappa shape index (κ1) is 23.4. The number of rotatable bonds is 9. The Hall–Kier alpha value is -3.80. The van der Waals surface area contributed by atoms with Gasteiger partial charge in [-0.1, -0.05) is 12.1 Å². The summed E-state index contributed by atoms with van der Waals surface area (Å²) >= 11 is 0. The maximum Gasteiger partial charge on any atom is 0.338 e. The van der Waals surface area contributed by atoms with Gasteiger partial charge in [0.2, 0.25) is 0 Å². The van der Waals surface area contributed by atoms with Crippen LogP contribution >= 0.6 is 0 Å². The van der Waals surface area contributed by atoms with Gasteiger partial charge in [-0.05, 0) is 86.7 Å². The number of esters is 1. The SMILES string of the molecule is CCOC(=O)c1ccc(COc2ccc(C(=O)c3ccc(OC4CCCC4)cc3O)cc2)cc1. The van der Waals surface area contributed by atoms with E-state index in [1.54, 1.807) is 55.5 Å². The number of ketones is 1. The minimum atomic E-state index is -0.350. The predicted molar refractivity (Wildman–Crippen MR) is 128 cm³/mol. The third-order valence-electron chi connectivity index (χ3n) is 5.81. The van der Waals surface area contributed by atoms with Gasteiger partial charge in [0.25, 0.3) is 0 Å². The fourth-order valence-corrected chi connectivity index (χ4v) is 3.95. The van der Waals surface area contributed by atoms with Crippen molar-refractivity contribution in [3.8, 4) is 17.2 Å². The van der Waals surface area contributed by atoms with E-state index in [1.165, 1.54) is 6.07 Å². The molecule has 0 unspecified atom stereocenters. The highest BCUT2D eigenvalue weighted by Gasteiger charge is 2.19. The van der Waals surface area contributed by atoms with Crippen molar-refractivity contribution in [2.24, 2.45) is 0 Å². The summed E-state index contributed by atoms with van der Waals surface area (Å²) in [5.41, 5.74) is 2.08. The molecule has 1 fully saturated rings. The Morgan fingerprint density at radius 3 is 2.18 bits per heavy atom. The quantitative estimate of drug-likeness (QED) is 0.326. The average molecular weight is 461 g/mol. The van der Waals surface area contributed by atoms with Crippen molar-refractivity contribution < 1.29 is 28.9 Å². The van der Waals surface area contributed by atoms with Crippen LogP contribution in [0.3, 0.4) is 0 Å². The summed E-state index contributed by atoms with van der Waals surface area (Å²) in [6.07, 6.45) is 4.55. The van der Waals surface area contributed by atoms with E-state index in [2.05, 4.69) is 0 Å². The van der Waals surface area contributed by atoms with Crippen molar-refractivity contribution in [2.45, 2.75) is 45.3 Å². The maximum atomic E-state index is 12.9. The molecule has 6 nitrogen and oxygen atoms in total. The van der Waals surface area contributed by atoms with Crippen LogP contribution in [0.1, 0.15) is 64.4 Å². The van der Waals surface area contributed by atoms with Crippen molar-refractivity contribution in [2.75, 3.05) is 6.61 Å². The number of hydrogen-bond acceptors (Lipinski definition) is 6. The summed E-state index contributed by atoms with van der Waals surface area (Å²) in [6.45, 7) is 2.42. The number of phenolic OH excluding ortho intramolecular Hbond substituents is 1. The maximum absolute atomic E-state index is 12.9. The van der Waals surface area contributed by atoms with Gasteiger partial charge in [0.1, 0.15) is 23.9 Å². The largest absolute Gasteiger partial charge is 0.507 e. The molecule has 0 saturated heterocycles. The number of carbonyl (C=O) groups excluding carboxylic acids is 2. The van der Waals surface area contributed by atoms with Crippen LogP contribution in [0.5, 0.6) is 17.2 Å². The fourth-order valence-electron chi connectivity index (χ4n) is 3.95. The van der Waals surface area contributed by atoms with E-state index in [0.29, 0.717) is 35.8 Å². The highest BCUT2D eigenvalue weighted by atomic mass is 16.5. The Morgan fingerprint density at radius 2 is 1.53 bits per heavy atom. The lowest BCUT2D eigenvalue weighted by Gasteiger charge is -2.14. The molecule has 3 aromatic rings. The lowest BCUT2D eigenvalue weighted by molar-refractivity contribution is 0.0526. The van der Waals surface area contributed by atoms with Crippen molar-refractivity contribution in [1.82, 2.24) is 0 Å². The molecule has 0 bridgehead atoms. The molecule has 0 heterocycles. The minimum Gasteiger partial charge on any atom is -0.507 e. The fraction of sp³-hybridized carbons (Fsp3) is 0.286. The van der Waals surface area contributed by atoms with Crippen molar-refractivity contribution in [3.63, 3.8) is 0 Å². The molecule has 0 radical (unpaired) electrons. The number of aromatic hydroxyl groups is 1. The summed E-state index contributed by atoms with van der Waals surface area (Å²) in [7, 11) is 0. The third-order valence-corrected chi connectivity index (χ3v) is 5.81. The molecule has 1 aliphatic rings. The number of ether oxygens (including phenoxy) is 3. The zero-order valence-corrected chi connectivity index (χ0v) is 19.2. The second-order valence-corrected chi connectivity index (χ2v) is 8.26. The smallest absolute Gasteiger partial charge is 0.338 e. The Kier molecular flexibility index (Phi) is 7.48. The van der Waals surface area contributed by atoms with Crippen LogP contribution in [0.4, 0.5) is 0 Å². The lowest BCUT2D eigenvalue weighted by atomic mass is 10.0. The third kappa shape index (κ3) is 5.76. The molecule has 0 aromatic heterocycles. The van der Waals surface area contributed by atoms with Crippen molar-refractivity contribution >= 4 is 11.8 Å². The molecular weight excluding hydrogens is 432 g/mol. The zero-order valence-electron chi connectivity index (χ0n) is 19.2. The molecule has 0 amide bonds. The summed E-state index contributed by atoms with van der Waals surface area (Å²) in [5, 5.41) is 10.4. The van der Waals surface area contributed by atoms with Gasteiger partial charge >= 0.3 is 5.97 Å². The molecule has 1 aliphatic carbocycles. The van der Waals surface area contributed by atoms with Crippen LogP contribution in [0.15, 0.2) is 66.7 Å². The molecule has 34 heavy (non-hydrogen) atoms. The summed E-state index contributed by atoms with van der Waals surface area (Å²) in [4.78, 5) is 24.6. The Balaban J connectivity index is 1.34. The summed E-state index contributed by atoms with van der Waals surface area (Å²) < 4.78 is 16.7. The Bertz CT molecular complexity index is 1130. The average Bonchev–Trinajstić information content (AvgIpc) is 3.36. The van der Waals surface area contributed by atoms with Gasteiger partial charge in [-0.2, -0.15) is 0 Å². The van der Waals surface area contributed by atoms with E-state index in [0.717, 1.165) is 31.2 Å². The molecular formula is C28H28O6. The Morgan fingerprint density at radius 1 is 0.882 bits per heavy atom. The van der Waals surface area contributed by atoms with Gasteiger partial charge < -0.3 is 19.3 Å². The molecule has 0 aliphatic heterocycles. The number of benzene rings is 3. The normalized spacial score (nSPS) is 13.4. The highest BCUT2D eigenvalue weighted by Crippen LogP contribution is 2.30. The molecule has 6 heteroatoms. The molecule has 176 valence electrons. The highest BCUT2D eigenvalue weighted by molar-refractivity contribution is 6.10. The zero-order chi connectivity index (χ0) is 23.9. The summed E-state index contributed by atoms with van der Waals surface area (Å²) in [6, 6.07) is 18.7. The van der Waals surface area contributed by atoms with Crippen LogP contribution in [-0.2, 0) is 11.3 Å². The van der Waals surface area contributed by atoms with Crippen LogP contribution in [0, 0.1) is 0 Å². The van der Waals surface area contributed by atoms with E-state index >= 15 is 0 Å². The van der Waals surface area contributed by atoms with E-state index in [4.69, 9.17) is 14.2 Å². The van der Waals surface area contributed by atoms with Crippen LogP contribution in [0.25, 0.3) is 0 Å². The first-order valence-electron chi connectivity index (χ1n) is 11.6. The summed E-state index contributed by atoms with van der Waals surface area (Å²) in [5.74, 6) is 0.478. The number of carbonyl (C=O) groups is 2. The van der Waals surface area contributed by atoms with Gasteiger partial charge in [-0.25, -0.2) is 4.79 Å². The first-order valence-corrected chi connectivity index (χ1v) is 11.6. The molecule has 1 N–H and O–H groups in total. The molecule has 1 saturated carbocycles. The van der Waals surface area contributed by atoms with Gasteiger partial charge in [-0.15, -0.1) is 0 Å². The number of hydrogen-bond donors (Lipinski definition) is 1. The predicted octanol–water partition coefficient (Wildman–Crippen LogP) is 5.70. The van der Waals surface area contributed by atoms with Gasteiger partial charge in [0.05, 0.1) is 23.8 Å². The van der Waals surface area contributed by atoms with Crippen LogP contribution in [0.2, 0.25) is 0 Å². The lowest BCUT2D eigenvalue weighted by Crippen LogP contribution is -2.11. The molecule has 0 spiro atoms. The van der Waals surface area contributed by atoms with Crippen LogP contribution in [-0.4, -0.2) is 29.6 Å². The standard InChI is InChI=1S/C28H28O6/c1-2-32-28(31)21-9-7-19(8-10-21)18-33-22-13-11-20(12-14-22)27(30)25-16-15-24(17-26(25)29)34-23-5-3-4-6-23/h7-17,23,29H,2-6,18H2,1H3. The van der Waals surface area contributed by atoms with Gasteiger partial charge in [0.15, 0.2) is 5.78 Å². The van der Waals surface area contributed by atoms with E-state index in [9.17, 15) is 14.7 Å².